The van der Waals surface area contributed by atoms with Crippen molar-refractivity contribution in [2.24, 2.45) is 11.5 Å². The second kappa shape index (κ2) is 14.1. The van der Waals surface area contributed by atoms with Crippen LogP contribution in [0.2, 0.25) is 0 Å². The van der Waals surface area contributed by atoms with Crippen LogP contribution in [0, 0.1) is 0 Å². The van der Waals surface area contributed by atoms with E-state index in [9.17, 15) is 4.79 Å². The molecule has 0 atom stereocenters. The van der Waals surface area contributed by atoms with Gasteiger partial charge in [0.15, 0.2) is 0 Å². The maximum absolute atomic E-state index is 10.4. The summed E-state index contributed by atoms with van der Waals surface area (Å²) in [6.45, 7) is 0.310. The number of carbonyl (C=O) groups excluding carboxylic acids is 1. The third-order valence-electron chi connectivity index (χ3n) is 0.966. The highest BCUT2D eigenvalue weighted by Crippen LogP contribution is 1.78. The average molecular weight is 216 g/mol. The molecule has 0 aliphatic rings. The van der Waals surface area contributed by atoms with Crippen molar-refractivity contribution in [1.82, 2.24) is 5.06 Å². The number of methoxy groups -OCH3 is 1. The number of nitrogens with zero attached hydrogens (tertiary/aromatic N) is 1. The minimum Gasteiger partial charge on any atom is -0.370 e. The van der Waals surface area contributed by atoms with E-state index in [1.54, 1.807) is 7.11 Å². The van der Waals surface area contributed by atoms with Gasteiger partial charge in [0, 0.05) is 14.2 Å². The fourth-order valence-corrected chi connectivity index (χ4v) is 0.230. The highest BCUT2D eigenvalue weighted by molar-refractivity contribution is 5.85. The molecule has 0 fully saturated rings. The topological polar surface area (TPSA) is 90.8 Å². The molecule has 0 aliphatic heterocycles. The number of nitrogens with two attached hydrogens (primary N) is 2. The third kappa shape index (κ3) is 14.5. The fourth-order valence-electron chi connectivity index (χ4n) is 0.230. The summed E-state index contributed by atoms with van der Waals surface area (Å²) in [4.78, 5) is 14.9. The van der Waals surface area contributed by atoms with Gasteiger partial charge in [-0.15, -0.1) is 12.4 Å². The van der Waals surface area contributed by atoms with Crippen molar-refractivity contribution in [1.29, 1.82) is 0 Å². The number of likely N-dealkylation sites (N-methyl/N-ethyl adjacent to an activating group) is 1. The molecule has 0 heterocycles. The molecule has 0 saturated carbocycles. The number of hydrogen-bond donors (Lipinski definition) is 2. The summed E-state index contributed by atoms with van der Waals surface area (Å²) in [7, 11) is 4.47. The molecule has 0 aromatic rings. The van der Waals surface area contributed by atoms with Gasteiger partial charge in [0.1, 0.15) is 0 Å². The Morgan fingerprint density at radius 3 is 1.85 bits per heavy atom. The number of rotatable bonds is 3. The van der Waals surface area contributed by atoms with Crippen molar-refractivity contribution in [3.05, 3.63) is 0 Å². The molecule has 82 valence electrons. The van der Waals surface area contributed by atoms with Gasteiger partial charge in [-0.25, -0.2) is 5.06 Å². The van der Waals surface area contributed by atoms with Gasteiger partial charge in [0.25, 0.3) is 5.91 Å². The van der Waals surface area contributed by atoms with Gasteiger partial charge in [-0.2, -0.15) is 0 Å². The van der Waals surface area contributed by atoms with Crippen LogP contribution in [-0.4, -0.2) is 45.5 Å². The van der Waals surface area contributed by atoms with Gasteiger partial charge in [-0.05, 0) is 0 Å². The van der Waals surface area contributed by atoms with Crippen molar-refractivity contribution < 1.29 is 14.4 Å². The van der Waals surface area contributed by atoms with Crippen molar-refractivity contribution in [3.63, 3.8) is 0 Å². The van der Waals surface area contributed by atoms with Crippen LogP contribution in [0.5, 0.6) is 0 Å². The van der Waals surface area contributed by atoms with Gasteiger partial charge in [0.2, 0.25) is 0 Å². The molecule has 0 spiro atoms. The summed E-state index contributed by atoms with van der Waals surface area (Å²) in [5.74, 6) is -0.229. The Labute approximate surface area is 84.5 Å². The standard InChI is InChI=1S/C4H10N2O2.C2H7NO.ClH/c1-6(8-2)4(7)3-5;1-4-2-3;/h3,5H2,1-2H3;2-3H2,1H3;1H. The number of hydrogen-bond acceptors (Lipinski definition) is 5. The average Bonchev–Trinajstić information content (AvgIpc) is 2.15. The summed E-state index contributed by atoms with van der Waals surface area (Å²) >= 11 is 0. The van der Waals surface area contributed by atoms with E-state index >= 15 is 0 Å². The van der Waals surface area contributed by atoms with E-state index in [1.165, 1.54) is 14.2 Å². The first-order valence-electron chi connectivity index (χ1n) is 3.33. The van der Waals surface area contributed by atoms with Crippen LogP contribution in [0.25, 0.3) is 0 Å². The Kier molecular flexibility index (Phi) is 20.0. The van der Waals surface area contributed by atoms with Crippen LogP contribution in [-0.2, 0) is 14.4 Å². The van der Waals surface area contributed by atoms with Crippen LogP contribution >= 0.6 is 12.4 Å². The Balaban J connectivity index is -0.000000173. The molecular formula is C6H18ClN3O3. The number of ether oxygens (including phenoxy) is 1. The first-order chi connectivity index (χ1) is 5.63. The number of amides is 1. The Bertz CT molecular complexity index is 113. The van der Waals surface area contributed by atoms with Gasteiger partial charge in [0.05, 0.1) is 20.4 Å². The van der Waals surface area contributed by atoms with Crippen LogP contribution in [0.15, 0.2) is 0 Å². The number of halogens is 1. The normalized spacial score (nSPS) is 7.77. The smallest absolute Gasteiger partial charge is 0.259 e. The van der Waals surface area contributed by atoms with Crippen LogP contribution in [0.3, 0.4) is 0 Å². The lowest BCUT2D eigenvalue weighted by molar-refractivity contribution is -0.166. The third-order valence-corrected chi connectivity index (χ3v) is 0.966. The van der Waals surface area contributed by atoms with E-state index in [2.05, 4.69) is 9.57 Å². The maximum Gasteiger partial charge on any atom is 0.259 e. The molecule has 0 radical (unpaired) electrons. The molecule has 6 nitrogen and oxygen atoms in total. The molecule has 0 saturated heterocycles. The highest BCUT2D eigenvalue weighted by Gasteiger charge is 2.01. The van der Waals surface area contributed by atoms with E-state index in [4.69, 9.17) is 11.5 Å². The quantitative estimate of drug-likeness (QED) is 0.463. The van der Waals surface area contributed by atoms with Gasteiger partial charge in [-0.1, -0.05) is 0 Å². The minimum atomic E-state index is -0.229. The van der Waals surface area contributed by atoms with Crippen molar-refractivity contribution in [3.8, 4) is 0 Å². The lowest BCUT2D eigenvalue weighted by Gasteiger charge is -2.10. The van der Waals surface area contributed by atoms with Crippen molar-refractivity contribution in [2.45, 2.75) is 0 Å². The maximum atomic E-state index is 10.4. The fraction of sp³-hybridized carbons (Fsp3) is 0.833. The summed E-state index contributed by atoms with van der Waals surface area (Å²) in [6.07, 6.45) is 0. The predicted octanol–water partition coefficient (Wildman–Crippen LogP) is -1.06. The van der Waals surface area contributed by atoms with E-state index < -0.39 is 0 Å². The first kappa shape index (κ1) is 18.4. The second-order valence-corrected chi connectivity index (χ2v) is 1.73. The lowest BCUT2D eigenvalue weighted by Crippen LogP contribution is -2.31. The lowest BCUT2D eigenvalue weighted by atomic mass is 10.6. The van der Waals surface area contributed by atoms with Gasteiger partial charge < -0.3 is 16.2 Å². The predicted molar refractivity (Wildman–Crippen MR) is 52.1 cm³/mol. The first-order valence-corrected chi connectivity index (χ1v) is 3.33. The molecule has 0 unspecified atom stereocenters. The molecule has 0 bridgehead atoms. The molecule has 0 aromatic carbocycles. The van der Waals surface area contributed by atoms with Crippen LogP contribution in [0.4, 0.5) is 0 Å². The highest BCUT2D eigenvalue weighted by atomic mass is 35.5. The zero-order valence-corrected chi connectivity index (χ0v) is 8.97. The van der Waals surface area contributed by atoms with Gasteiger partial charge in [-0.3, -0.25) is 9.63 Å². The summed E-state index contributed by atoms with van der Waals surface area (Å²) < 4.78 is 4.32. The van der Waals surface area contributed by atoms with Crippen molar-refractivity contribution >= 4 is 18.3 Å². The molecule has 0 aromatic heterocycles. The second-order valence-electron chi connectivity index (χ2n) is 1.73. The Hall–Kier alpha value is -0.400. The zero-order valence-electron chi connectivity index (χ0n) is 8.15. The molecule has 7 heteroatoms. The molecule has 13 heavy (non-hydrogen) atoms. The van der Waals surface area contributed by atoms with Crippen molar-refractivity contribution in [2.75, 3.05) is 34.5 Å². The van der Waals surface area contributed by atoms with Crippen LogP contribution < -0.4 is 11.5 Å². The summed E-state index contributed by atoms with van der Waals surface area (Å²) in [6, 6.07) is 0. The summed E-state index contributed by atoms with van der Waals surface area (Å²) in [5.41, 5.74) is 9.78. The molecule has 4 N–H and O–H groups in total. The molecule has 1 amide bonds. The SMILES string of the molecule is COCN.CON(C)C(=O)CN.Cl. The minimum absolute atomic E-state index is 0. The monoisotopic (exact) mass is 215 g/mol. The Morgan fingerprint density at radius 2 is 1.77 bits per heavy atom. The molecular weight excluding hydrogens is 198 g/mol. The van der Waals surface area contributed by atoms with E-state index in [0.29, 0.717) is 6.73 Å². The van der Waals surface area contributed by atoms with Gasteiger partial charge >= 0.3 is 0 Å². The number of hydroxylamine groups is 2. The van der Waals surface area contributed by atoms with E-state index in [1.807, 2.05) is 0 Å². The summed E-state index contributed by atoms with van der Waals surface area (Å²) in [5, 5.41) is 1.08. The molecule has 0 rings (SSSR count). The largest absolute Gasteiger partial charge is 0.370 e. The van der Waals surface area contributed by atoms with Crippen LogP contribution in [0.1, 0.15) is 0 Å². The number of carbonyl (C=O) groups is 1. The molecule has 0 aliphatic carbocycles. The van der Waals surface area contributed by atoms with E-state index in [0.717, 1.165) is 5.06 Å². The van der Waals surface area contributed by atoms with E-state index in [-0.39, 0.29) is 24.9 Å². The zero-order chi connectivity index (χ0) is 9.98. The Morgan fingerprint density at radius 1 is 1.38 bits per heavy atom.